The minimum Gasteiger partial charge on any atom is -0.508 e. The molecule has 6 rings (SSSR count). The number of phenols is 1. The molecule has 4 aromatic rings. The van der Waals surface area contributed by atoms with Gasteiger partial charge in [-0.3, -0.25) is 4.90 Å². The van der Waals surface area contributed by atoms with Gasteiger partial charge >= 0.3 is 5.97 Å². The highest BCUT2D eigenvalue weighted by atomic mass is 16.7. The first-order valence-electron chi connectivity index (χ1n) is 17.7. The van der Waals surface area contributed by atoms with Crippen molar-refractivity contribution in [3.05, 3.63) is 77.9 Å². The number of aromatic hydroxyl groups is 1. The number of phenolic OH excluding ortho intramolecular Hbond substituents is 1. The van der Waals surface area contributed by atoms with Gasteiger partial charge in [0, 0.05) is 26.7 Å². The third-order valence-electron chi connectivity index (χ3n) is 8.74. The molecule has 2 aliphatic rings. The van der Waals surface area contributed by atoms with Gasteiger partial charge in [-0.05, 0) is 104 Å². The summed E-state index contributed by atoms with van der Waals surface area (Å²) in [5.74, 6) is -1.02. The number of likely N-dealkylation sites (tertiary alicyclic amines) is 1. The average molecular weight is 651 g/mol. The molecule has 0 saturated carbocycles. The summed E-state index contributed by atoms with van der Waals surface area (Å²) in [5.41, 5.74) is 4.09. The molecule has 5 atom stereocenters. The van der Waals surface area contributed by atoms with Crippen molar-refractivity contribution in [3.8, 4) is 28.5 Å². The molecule has 0 spiro atoms. The van der Waals surface area contributed by atoms with E-state index in [1.165, 1.54) is 4.90 Å². The molecule has 0 bridgehead atoms. The Morgan fingerprint density at radius 3 is 2.28 bits per heavy atom. The Hall–Kier alpha value is -4.13. The second kappa shape index (κ2) is 14.3. The molecule has 11 nitrogen and oxygen atoms in total. The van der Waals surface area contributed by atoms with Crippen molar-refractivity contribution in [1.29, 1.82) is 0 Å². The third-order valence-corrected chi connectivity index (χ3v) is 8.74. The number of carbonyl (C=O) groups is 1. The number of nitrogens with zero attached hydrogens (tertiary/aromatic N) is 2. The lowest BCUT2D eigenvalue weighted by Crippen LogP contribution is -2.61. The number of aryl methyl sites for hydroxylation is 1. The Morgan fingerprint density at radius 1 is 0.915 bits per heavy atom. The van der Waals surface area contributed by atoms with Crippen LogP contribution in [0.15, 0.2) is 66.7 Å². The quantitative estimate of drug-likeness (QED) is 0.171. The van der Waals surface area contributed by atoms with Crippen LogP contribution in [0.5, 0.6) is 17.2 Å². The monoisotopic (exact) mass is 650 g/mol. The largest absolute Gasteiger partial charge is 0.508 e. The summed E-state index contributed by atoms with van der Waals surface area (Å²) < 4.78 is 53.1. The summed E-state index contributed by atoms with van der Waals surface area (Å²) in [6, 6.07) is 18.6. The number of aliphatic carboxylic acids is 1. The lowest BCUT2D eigenvalue weighted by atomic mass is 9.99. The maximum Gasteiger partial charge on any atom is 0.335 e. The van der Waals surface area contributed by atoms with E-state index >= 15 is 0 Å². The normalized spacial score (nSPS) is 25.7. The smallest absolute Gasteiger partial charge is 0.335 e. The van der Waals surface area contributed by atoms with E-state index in [2.05, 4.69) is 4.57 Å². The van der Waals surface area contributed by atoms with E-state index in [4.69, 9.17) is 19.7 Å². The molecule has 250 valence electrons. The Labute approximate surface area is 278 Å². The van der Waals surface area contributed by atoms with Crippen molar-refractivity contribution in [2.45, 2.75) is 69.9 Å². The highest BCUT2D eigenvalue weighted by Crippen LogP contribution is 2.37. The molecule has 0 radical (unpaired) electrons. The highest BCUT2D eigenvalue weighted by molar-refractivity contribution is 5.92. The van der Waals surface area contributed by atoms with E-state index in [9.17, 15) is 30.3 Å². The number of rotatable bonds is 10. The van der Waals surface area contributed by atoms with Gasteiger partial charge < -0.3 is 44.3 Å². The number of fused-ring (bicyclic) bond motifs is 1. The minimum atomic E-state index is -2.61. The number of hydrogen-bond donors (Lipinski definition) is 5. The number of ether oxygens (including phenoxy) is 3. The summed E-state index contributed by atoms with van der Waals surface area (Å²) in [4.78, 5) is 13.1. The molecule has 3 heterocycles. The van der Waals surface area contributed by atoms with Crippen molar-refractivity contribution < 1.29 is 50.0 Å². The van der Waals surface area contributed by atoms with Gasteiger partial charge in [0.2, 0.25) is 6.29 Å². The molecular formula is C36H42N2O9. The maximum absolute atomic E-state index is 11.6. The zero-order valence-corrected chi connectivity index (χ0v) is 26.0. The molecule has 11 heteroatoms. The van der Waals surface area contributed by atoms with Crippen LogP contribution in [0.2, 0.25) is 0 Å². The van der Waals surface area contributed by atoms with Crippen LogP contribution in [0.4, 0.5) is 0 Å². The van der Waals surface area contributed by atoms with Gasteiger partial charge in [0.15, 0.2) is 6.10 Å². The molecule has 3 aromatic carbocycles. The van der Waals surface area contributed by atoms with Crippen LogP contribution < -0.4 is 9.47 Å². The van der Waals surface area contributed by atoms with Crippen molar-refractivity contribution >= 4 is 16.9 Å². The molecule has 1 aromatic heterocycles. The molecule has 0 aliphatic carbocycles. The van der Waals surface area contributed by atoms with Crippen molar-refractivity contribution in [1.82, 2.24) is 9.47 Å². The molecule has 0 unspecified atom stereocenters. The van der Waals surface area contributed by atoms with E-state index in [0.29, 0.717) is 19.6 Å². The second-order valence-electron chi connectivity index (χ2n) is 12.0. The summed E-state index contributed by atoms with van der Waals surface area (Å²) in [7, 11) is 0. The SMILES string of the molecule is [2H]C([2H])(Oc1ccc(Cn2c(-c3ccc(O)cc3)c(C)c3cc(O[C@@H]4O[C@H](C(=O)O)[C@@H](O)[C@H](O)[C@H]4O)ccc32)cc1)C([2H])([2H])N1CCCCCC1. The van der Waals surface area contributed by atoms with Gasteiger partial charge in [-0.25, -0.2) is 4.79 Å². The number of hydrogen-bond acceptors (Lipinski definition) is 9. The average Bonchev–Trinajstić information content (AvgIpc) is 3.24. The number of carboxylic acids is 1. The predicted molar refractivity (Wildman–Crippen MR) is 175 cm³/mol. The fourth-order valence-electron chi connectivity index (χ4n) is 6.19. The zero-order valence-electron chi connectivity index (χ0n) is 30.0. The molecular weight excluding hydrogens is 604 g/mol. The van der Waals surface area contributed by atoms with Crippen molar-refractivity contribution in [3.63, 3.8) is 0 Å². The zero-order chi connectivity index (χ0) is 36.7. The number of benzene rings is 3. The fraction of sp³-hybridized carbons (Fsp3) is 0.417. The van der Waals surface area contributed by atoms with E-state index < -0.39 is 49.7 Å². The van der Waals surface area contributed by atoms with Gasteiger partial charge in [-0.2, -0.15) is 0 Å². The van der Waals surface area contributed by atoms with E-state index in [1.54, 1.807) is 66.7 Å². The summed E-state index contributed by atoms with van der Waals surface area (Å²) >= 11 is 0. The van der Waals surface area contributed by atoms with E-state index in [0.717, 1.165) is 59.0 Å². The van der Waals surface area contributed by atoms with Crippen LogP contribution in [0.25, 0.3) is 22.2 Å². The standard InChI is InChI=1S/C36H42N2O9/c1-22-28-20-27(46-36-33(42)31(40)32(41)34(47-36)35(43)44)14-15-29(28)38(30(22)24-8-10-25(39)11-9-24)21-23-6-12-26(13-7-23)45-19-18-37-16-4-2-3-5-17-37/h6-15,20,31-34,36,39-42H,2-5,16-19,21H2,1H3,(H,43,44)/t31-,32-,33+,34-,36+/m0/s1/i18D2,19D2. The molecule has 2 aliphatic heterocycles. The number of carboxylic acid groups (broad SMARTS) is 1. The first-order chi connectivity index (χ1) is 24.2. The maximum atomic E-state index is 11.6. The Kier molecular flexibility index (Phi) is 8.51. The Morgan fingerprint density at radius 2 is 1.60 bits per heavy atom. The summed E-state index contributed by atoms with van der Waals surface area (Å²) in [6.45, 7) is -1.75. The van der Waals surface area contributed by atoms with Crippen molar-refractivity contribution in [2.75, 3.05) is 26.1 Å². The number of aliphatic hydroxyl groups is 3. The van der Waals surface area contributed by atoms with Gasteiger partial charge in [-0.15, -0.1) is 0 Å². The van der Waals surface area contributed by atoms with Gasteiger partial charge in [0.1, 0.15) is 42.1 Å². The van der Waals surface area contributed by atoms with Gasteiger partial charge in [0.25, 0.3) is 0 Å². The molecule has 2 saturated heterocycles. The fourth-order valence-corrected chi connectivity index (χ4v) is 6.19. The van der Waals surface area contributed by atoms with E-state index in [1.807, 2.05) is 6.92 Å². The van der Waals surface area contributed by atoms with Crippen LogP contribution in [-0.4, -0.2) is 97.8 Å². The summed E-state index contributed by atoms with van der Waals surface area (Å²) in [6.07, 6.45) is -5.18. The van der Waals surface area contributed by atoms with E-state index in [-0.39, 0.29) is 17.2 Å². The van der Waals surface area contributed by atoms with Crippen LogP contribution in [0.1, 0.15) is 42.3 Å². The Balaban J connectivity index is 1.28. The molecule has 47 heavy (non-hydrogen) atoms. The minimum absolute atomic E-state index is 0.100. The molecule has 2 fully saturated rings. The first-order valence-corrected chi connectivity index (χ1v) is 15.7. The second-order valence-corrected chi connectivity index (χ2v) is 12.0. The molecule has 5 N–H and O–H groups in total. The number of aromatic nitrogens is 1. The lowest BCUT2D eigenvalue weighted by molar-refractivity contribution is -0.271. The predicted octanol–water partition coefficient (Wildman–Crippen LogP) is 3.90. The van der Waals surface area contributed by atoms with Crippen LogP contribution in [0.3, 0.4) is 0 Å². The van der Waals surface area contributed by atoms with Crippen LogP contribution >= 0.6 is 0 Å². The van der Waals surface area contributed by atoms with Crippen molar-refractivity contribution in [2.24, 2.45) is 0 Å². The first kappa shape index (κ1) is 27.9. The van der Waals surface area contributed by atoms with Gasteiger partial charge in [-0.1, -0.05) is 25.0 Å². The van der Waals surface area contributed by atoms with Gasteiger partial charge in [0.05, 0.1) is 8.44 Å². The summed E-state index contributed by atoms with van der Waals surface area (Å²) in [5, 5.41) is 50.9. The van der Waals surface area contributed by atoms with Crippen LogP contribution in [-0.2, 0) is 16.1 Å². The number of aliphatic hydroxyl groups excluding tert-OH is 3. The highest BCUT2D eigenvalue weighted by Gasteiger charge is 2.48. The molecule has 0 amide bonds. The third kappa shape index (κ3) is 7.24. The van der Waals surface area contributed by atoms with Crippen LogP contribution in [0, 0.1) is 6.92 Å². The Bertz CT molecular complexity index is 1840. The lowest BCUT2D eigenvalue weighted by Gasteiger charge is -2.38. The topological polar surface area (TPSA) is 154 Å².